The molecule has 3 N–H and O–H groups in total. The highest BCUT2D eigenvalue weighted by Gasteiger charge is 2.36. The molecule has 2 aliphatic heterocycles. The van der Waals surface area contributed by atoms with Crippen molar-refractivity contribution in [2.24, 2.45) is 10.7 Å². The Kier molecular flexibility index (Phi) is 5.38. The Bertz CT molecular complexity index is 973. The molecule has 0 radical (unpaired) electrons. The molecule has 0 spiro atoms. The second kappa shape index (κ2) is 7.43. The maximum atomic E-state index is 11.9. The molecule has 2 atom stereocenters. The first-order valence-electron chi connectivity index (χ1n) is 8.14. The normalized spacial score (nSPS) is 20.3. The number of nitrogens with two attached hydrogens (primary N) is 1. The van der Waals surface area contributed by atoms with E-state index in [0.29, 0.717) is 21.4 Å². The fourth-order valence-electron chi connectivity index (χ4n) is 3.47. The van der Waals surface area contributed by atoms with Gasteiger partial charge in [-0.25, -0.2) is 0 Å². The van der Waals surface area contributed by atoms with Gasteiger partial charge >= 0.3 is 0 Å². The van der Waals surface area contributed by atoms with Crippen molar-refractivity contribution < 1.29 is 4.79 Å². The van der Waals surface area contributed by atoms with E-state index in [0.717, 1.165) is 16.8 Å². The minimum Gasteiger partial charge on any atom is -0.364 e. The van der Waals surface area contributed by atoms with Crippen LogP contribution in [-0.2, 0) is 4.79 Å². The Morgan fingerprint density at radius 1 is 1.19 bits per heavy atom. The summed E-state index contributed by atoms with van der Waals surface area (Å²) >= 11 is 12.7. The van der Waals surface area contributed by atoms with Gasteiger partial charge in [0, 0.05) is 27.5 Å². The van der Waals surface area contributed by atoms with Crippen LogP contribution in [-0.4, -0.2) is 18.3 Å². The molecule has 140 valence electrons. The first-order chi connectivity index (χ1) is 12.5. The molecule has 8 heteroatoms. The molecule has 0 saturated carbocycles. The topological polar surface area (TPSA) is 70.7 Å². The summed E-state index contributed by atoms with van der Waals surface area (Å²) in [5.74, 6) is -0.521. The Morgan fingerprint density at radius 3 is 2.63 bits per heavy atom. The summed E-state index contributed by atoms with van der Waals surface area (Å²) in [4.78, 5) is 18.6. The predicted molar refractivity (Wildman–Crippen MR) is 112 cm³/mol. The highest BCUT2D eigenvalue weighted by molar-refractivity contribution is 6.31. The average molecular weight is 424 g/mol. The molecule has 0 fully saturated rings. The van der Waals surface area contributed by atoms with Gasteiger partial charge in [0.2, 0.25) is 0 Å². The second-order valence-electron chi connectivity index (χ2n) is 6.22. The number of carbonyl (C=O) groups excluding carboxylic acids is 1. The zero-order valence-corrected chi connectivity index (χ0v) is 16.6. The van der Waals surface area contributed by atoms with Crippen molar-refractivity contribution in [3.63, 3.8) is 0 Å². The molecule has 2 heterocycles. The fourth-order valence-corrected chi connectivity index (χ4v) is 3.89. The van der Waals surface area contributed by atoms with Crippen LogP contribution in [0.2, 0.25) is 10.0 Å². The van der Waals surface area contributed by atoms with Crippen molar-refractivity contribution in [1.29, 1.82) is 0 Å². The summed E-state index contributed by atoms with van der Waals surface area (Å²) < 4.78 is 0. The van der Waals surface area contributed by atoms with E-state index in [1.54, 1.807) is 6.21 Å². The van der Waals surface area contributed by atoms with E-state index in [4.69, 9.17) is 33.9 Å². The smallest absolute Gasteiger partial charge is 0.267 e. The minimum absolute atomic E-state index is 0. The monoisotopic (exact) mass is 422 g/mol. The number of rotatable bonds is 2. The molecule has 27 heavy (non-hydrogen) atoms. The van der Waals surface area contributed by atoms with E-state index in [-0.39, 0.29) is 24.6 Å². The van der Waals surface area contributed by atoms with E-state index in [1.807, 2.05) is 54.3 Å². The SMILES string of the molecule is CC1NC(C(N)=O)=C2C=NC(c3ccccc3Cl)c3cc(Cl)ccc3N21.Cl. The van der Waals surface area contributed by atoms with Crippen LogP contribution in [0.25, 0.3) is 0 Å². The lowest BCUT2D eigenvalue weighted by Crippen LogP contribution is -2.36. The number of primary amides is 1. The van der Waals surface area contributed by atoms with E-state index >= 15 is 0 Å². The summed E-state index contributed by atoms with van der Waals surface area (Å²) in [6.45, 7) is 1.96. The van der Waals surface area contributed by atoms with Gasteiger partial charge in [-0.3, -0.25) is 9.79 Å². The molecule has 5 nitrogen and oxygen atoms in total. The summed E-state index contributed by atoms with van der Waals surface area (Å²) in [6, 6.07) is 12.9. The van der Waals surface area contributed by atoms with E-state index in [1.165, 1.54) is 0 Å². The van der Waals surface area contributed by atoms with Crippen LogP contribution in [0.4, 0.5) is 5.69 Å². The van der Waals surface area contributed by atoms with Crippen LogP contribution in [0, 0.1) is 0 Å². The summed E-state index contributed by atoms with van der Waals surface area (Å²) in [7, 11) is 0. The first-order valence-corrected chi connectivity index (χ1v) is 8.90. The molecular formula is C19H17Cl3N4O. The number of allylic oxidation sites excluding steroid dienone is 1. The maximum Gasteiger partial charge on any atom is 0.267 e. The van der Waals surface area contributed by atoms with Gasteiger partial charge in [0.05, 0.1) is 5.70 Å². The van der Waals surface area contributed by atoms with E-state index < -0.39 is 5.91 Å². The van der Waals surface area contributed by atoms with Gasteiger partial charge in [-0.2, -0.15) is 0 Å². The highest BCUT2D eigenvalue weighted by atomic mass is 35.5. The summed E-state index contributed by atoms with van der Waals surface area (Å²) in [5.41, 5.74) is 9.22. The van der Waals surface area contributed by atoms with Crippen LogP contribution >= 0.6 is 35.6 Å². The largest absolute Gasteiger partial charge is 0.364 e. The molecule has 4 rings (SSSR count). The summed E-state index contributed by atoms with van der Waals surface area (Å²) in [6.07, 6.45) is 1.53. The molecule has 2 unspecified atom stereocenters. The zero-order valence-electron chi connectivity index (χ0n) is 14.3. The number of nitrogens with one attached hydrogen (secondary N) is 1. The Morgan fingerprint density at radius 2 is 1.93 bits per heavy atom. The van der Waals surface area contributed by atoms with Crippen molar-refractivity contribution in [2.45, 2.75) is 19.1 Å². The van der Waals surface area contributed by atoms with Crippen molar-refractivity contribution in [3.05, 3.63) is 75.0 Å². The predicted octanol–water partition coefficient (Wildman–Crippen LogP) is 4.04. The van der Waals surface area contributed by atoms with E-state index in [2.05, 4.69) is 5.32 Å². The number of fused-ring (bicyclic) bond motifs is 3. The van der Waals surface area contributed by atoms with Crippen molar-refractivity contribution in [1.82, 2.24) is 5.32 Å². The highest BCUT2D eigenvalue weighted by Crippen LogP contribution is 2.42. The van der Waals surface area contributed by atoms with Crippen molar-refractivity contribution >= 4 is 53.4 Å². The number of nitrogens with zero attached hydrogens (tertiary/aromatic N) is 2. The molecule has 0 aromatic heterocycles. The Hall–Kier alpha value is -2.21. The third-order valence-corrected chi connectivity index (χ3v) is 5.17. The number of aliphatic imine (C=N–C) groups is 1. The number of amides is 1. The average Bonchev–Trinajstić information content (AvgIpc) is 2.84. The number of benzene rings is 2. The van der Waals surface area contributed by atoms with Crippen LogP contribution in [0.5, 0.6) is 0 Å². The number of hydrogen-bond acceptors (Lipinski definition) is 4. The minimum atomic E-state index is -0.521. The molecule has 2 aliphatic rings. The quantitative estimate of drug-likeness (QED) is 0.766. The lowest BCUT2D eigenvalue weighted by molar-refractivity contribution is -0.114. The molecule has 1 amide bonds. The van der Waals surface area contributed by atoms with Crippen LogP contribution < -0.4 is 16.0 Å². The van der Waals surface area contributed by atoms with Gasteiger partial charge in [-0.1, -0.05) is 41.4 Å². The van der Waals surface area contributed by atoms with Gasteiger partial charge in [-0.05, 0) is 36.8 Å². The number of hydrogen-bond donors (Lipinski definition) is 2. The standard InChI is InChI=1S/C19H16Cl2N4O.ClH/c1-10-24-18(19(22)26)16-9-23-17(12-4-2-3-5-14(12)21)13-8-11(20)6-7-15(13)25(10)16;/h2-10,17,24H,1H3,(H2,22,26);1H. The molecular weight excluding hydrogens is 407 g/mol. The van der Waals surface area contributed by atoms with Gasteiger partial charge in [-0.15, -0.1) is 12.4 Å². The molecule has 2 aromatic carbocycles. The van der Waals surface area contributed by atoms with Gasteiger partial charge in [0.15, 0.2) is 0 Å². The molecule has 0 bridgehead atoms. The lowest BCUT2D eigenvalue weighted by atomic mass is 9.97. The fraction of sp³-hybridized carbons (Fsp3) is 0.158. The molecule has 2 aromatic rings. The van der Waals surface area contributed by atoms with Crippen molar-refractivity contribution in [3.8, 4) is 0 Å². The van der Waals surface area contributed by atoms with E-state index in [9.17, 15) is 4.79 Å². The first kappa shape index (κ1) is 19.5. The van der Waals surface area contributed by atoms with Crippen LogP contribution in [0.1, 0.15) is 24.1 Å². The molecule has 0 aliphatic carbocycles. The second-order valence-corrected chi connectivity index (χ2v) is 7.06. The van der Waals surface area contributed by atoms with Gasteiger partial charge < -0.3 is 16.0 Å². The van der Waals surface area contributed by atoms with Gasteiger partial charge in [0.1, 0.15) is 17.9 Å². The third-order valence-electron chi connectivity index (χ3n) is 4.59. The Balaban J connectivity index is 0.00000210. The van der Waals surface area contributed by atoms with Crippen LogP contribution in [0.3, 0.4) is 0 Å². The molecule has 0 saturated heterocycles. The number of carbonyl (C=O) groups is 1. The third kappa shape index (κ3) is 3.27. The number of halogens is 3. The lowest BCUT2D eigenvalue weighted by Gasteiger charge is -2.27. The summed E-state index contributed by atoms with van der Waals surface area (Å²) in [5, 5.41) is 4.36. The zero-order chi connectivity index (χ0) is 18.4. The van der Waals surface area contributed by atoms with Crippen LogP contribution in [0.15, 0.2) is 58.9 Å². The van der Waals surface area contributed by atoms with Crippen molar-refractivity contribution in [2.75, 3.05) is 4.90 Å². The maximum absolute atomic E-state index is 11.9. The Labute approximate surface area is 173 Å². The van der Waals surface area contributed by atoms with Gasteiger partial charge in [0.25, 0.3) is 5.91 Å². The number of anilines is 1.